The number of likely N-dealkylation sites (N-methyl/N-ethyl adjacent to an activating group) is 1. The van der Waals surface area contributed by atoms with E-state index in [4.69, 9.17) is 0 Å². The Morgan fingerprint density at radius 3 is 2.82 bits per heavy atom. The van der Waals surface area contributed by atoms with E-state index in [1.54, 1.807) is 29.4 Å². The Morgan fingerprint density at radius 1 is 1.36 bits per heavy atom. The Hall–Kier alpha value is -2.18. The molecule has 0 saturated carbocycles. The van der Waals surface area contributed by atoms with Gasteiger partial charge in [-0.2, -0.15) is 0 Å². The number of amides is 1. The van der Waals surface area contributed by atoms with Crippen LogP contribution >= 0.6 is 0 Å². The predicted octanol–water partition coefficient (Wildman–Crippen LogP) is 0.958. The summed E-state index contributed by atoms with van der Waals surface area (Å²) >= 11 is 0. The van der Waals surface area contributed by atoms with Crippen LogP contribution in [-0.4, -0.2) is 57.5 Å². The lowest BCUT2D eigenvalue weighted by molar-refractivity contribution is -0.143. The minimum atomic E-state index is -1.11. The second-order valence-corrected chi connectivity index (χ2v) is 5.57. The lowest BCUT2D eigenvalue weighted by atomic mass is 10.1. The van der Waals surface area contributed by atoms with E-state index in [2.05, 4.69) is 14.9 Å². The molecule has 2 aromatic rings. The van der Waals surface area contributed by atoms with Gasteiger partial charge in [0.25, 0.3) is 5.91 Å². The number of imidazole rings is 1. The number of aromatic nitrogens is 2. The van der Waals surface area contributed by atoms with Crippen LogP contribution in [0.4, 0.5) is 0 Å². The lowest BCUT2D eigenvalue weighted by Gasteiger charge is -2.39. The highest BCUT2D eigenvalue weighted by Crippen LogP contribution is 2.24. The summed E-state index contributed by atoms with van der Waals surface area (Å²) in [5.74, 6) is 0.588. The van der Waals surface area contributed by atoms with Crippen LogP contribution in [0.2, 0.25) is 0 Å². The summed E-state index contributed by atoms with van der Waals surface area (Å²) in [6.45, 7) is 1.88. The van der Waals surface area contributed by atoms with Gasteiger partial charge in [-0.25, -0.2) is 4.98 Å². The molecular formula is C16H20N4O2. The van der Waals surface area contributed by atoms with Gasteiger partial charge in [0.2, 0.25) is 0 Å². The van der Waals surface area contributed by atoms with Crippen LogP contribution in [0.15, 0.2) is 42.7 Å². The first-order valence-corrected chi connectivity index (χ1v) is 7.38. The fourth-order valence-electron chi connectivity index (χ4n) is 2.78. The third-order valence-electron chi connectivity index (χ3n) is 4.14. The number of nitrogens with one attached hydrogen (secondary N) is 1. The number of carbonyl (C=O) groups excluding carboxylic acids is 1. The standard InChI is InChI=1S/C16H20N4O2/c1-19-9-10-20(11-13(19)15-17-7-8-18-15)16(22)14(21)12-5-3-2-4-6-12/h2-8,13-14,21H,9-11H2,1H3,(H,17,18)/t13-,14+/m1/s1. The summed E-state index contributed by atoms with van der Waals surface area (Å²) in [5, 5.41) is 10.3. The van der Waals surface area contributed by atoms with Crippen molar-refractivity contribution in [3.8, 4) is 0 Å². The van der Waals surface area contributed by atoms with Gasteiger partial charge in [0.05, 0.1) is 6.04 Å². The number of aliphatic hydroxyl groups excluding tert-OH is 1. The molecule has 1 saturated heterocycles. The molecule has 116 valence electrons. The van der Waals surface area contributed by atoms with Gasteiger partial charge < -0.3 is 15.0 Å². The number of rotatable bonds is 3. The Morgan fingerprint density at radius 2 is 2.14 bits per heavy atom. The lowest BCUT2D eigenvalue weighted by Crippen LogP contribution is -2.50. The van der Waals surface area contributed by atoms with E-state index in [1.165, 1.54) is 0 Å². The van der Waals surface area contributed by atoms with Crippen LogP contribution in [0.3, 0.4) is 0 Å². The maximum Gasteiger partial charge on any atom is 0.256 e. The molecule has 0 spiro atoms. The molecule has 0 aliphatic carbocycles. The van der Waals surface area contributed by atoms with Gasteiger partial charge in [-0.1, -0.05) is 30.3 Å². The van der Waals surface area contributed by atoms with Gasteiger partial charge in [0.15, 0.2) is 6.10 Å². The third-order valence-corrected chi connectivity index (χ3v) is 4.14. The van der Waals surface area contributed by atoms with Gasteiger partial charge in [-0.3, -0.25) is 9.69 Å². The average Bonchev–Trinajstić information content (AvgIpc) is 3.09. The molecule has 1 aliphatic heterocycles. The molecule has 6 nitrogen and oxygen atoms in total. The van der Waals surface area contributed by atoms with Crippen molar-refractivity contribution in [2.24, 2.45) is 0 Å². The monoisotopic (exact) mass is 300 g/mol. The fraction of sp³-hybridized carbons (Fsp3) is 0.375. The molecule has 0 bridgehead atoms. The Balaban J connectivity index is 1.73. The molecular weight excluding hydrogens is 280 g/mol. The maximum atomic E-state index is 12.5. The van der Waals surface area contributed by atoms with E-state index < -0.39 is 6.10 Å². The summed E-state index contributed by atoms with van der Waals surface area (Å²) in [7, 11) is 2.02. The average molecular weight is 300 g/mol. The quantitative estimate of drug-likeness (QED) is 0.885. The number of piperazine rings is 1. The molecule has 1 aliphatic rings. The first-order valence-electron chi connectivity index (χ1n) is 7.38. The number of nitrogens with zero attached hydrogens (tertiary/aromatic N) is 3. The highest BCUT2D eigenvalue weighted by Gasteiger charge is 2.32. The zero-order valence-corrected chi connectivity index (χ0v) is 12.5. The molecule has 0 radical (unpaired) electrons. The van der Waals surface area contributed by atoms with Crippen molar-refractivity contribution >= 4 is 5.91 Å². The van der Waals surface area contributed by atoms with Gasteiger partial charge in [0.1, 0.15) is 5.82 Å². The Kier molecular flexibility index (Phi) is 4.22. The highest BCUT2D eigenvalue weighted by atomic mass is 16.3. The molecule has 1 fully saturated rings. The number of H-pyrrole nitrogens is 1. The SMILES string of the molecule is CN1CCN(C(=O)[C@@H](O)c2ccccc2)C[C@@H]1c1ncc[nH]1. The number of aliphatic hydroxyl groups is 1. The van der Waals surface area contributed by atoms with Crippen molar-refractivity contribution in [1.82, 2.24) is 19.8 Å². The van der Waals surface area contributed by atoms with Gasteiger partial charge in [-0.15, -0.1) is 0 Å². The van der Waals surface area contributed by atoms with E-state index in [9.17, 15) is 9.90 Å². The number of benzene rings is 1. The van der Waals surface area contributed by atoms with Crippen molar-refractivity contribution < 1.29 is 9.90 Å². The summed E-state index contributed by atoms with van der Waals surface area (Å²) in [4.78, 5) is 23.8. The molecule has 0 unspecified atom stereocenters. The number of hydrogen-bond donors (Lipinski definition) is 2. The Labute approximate surface area is 129 Å². The van der Waals surface area contributed by atoms with Crippen LogP contribution in [0.1, 0.15) is 23.5 Å². The van der Waals surface area contributed by atoms with Crippen LogP contribution in [0.25, 0.3) is 0 Å². The second kappa shape index (κ2) is 6.29. The maximum absolute atomic E-state index is 12.5. The smallest absolute Gasteiger partial charge is 0.256 e. The topological polar surface area (TPSA) is 72.5 Å². The van der Waals surface area contributed by atoms with E-state index in [0.29, 0.717) is 18.7 Å². The summed E-state index contributed by atoms with van der Waals surface area (Å²) in [6.07, 6.45) is 2.38. The molecule has 1 aromatic heterocycles. The van der Waals surface area contributed by atoms with Crippen molar-refractivity contribution in [2.45, 2.75) is 12.1 Å². The molecule has 3 rings (SSSR count). The normalized spacial score (nSPS) is 20.8. The van der Waals surface area contributed by atoms with E-state index in [1.807, 2.05) is 25.2 Å². The largest absolute Gasteiger partial charge is 0.378 e. The highest BCUT2D eigenvalue weighted by molar-refractivity contribution is 5.82. The summed E-state index contributed by atoms with van der Waals surface area (Å²) in [6, 6.07) is 9.06. The summed E-state index contributed by atoms with van der Waals surface area (Å²) < 4.78 is 0. The minimum Gasteiger partial charge on any atom is -0.378 e. The van der Waals surface area contributed by atoms with Gasteiger partial charge in [0, 0.05) is 32.0 Å². The van der Waals surface area contributed by atoms with E-state index in [0.717, 1.165) is 12.4 Å². The van der Waals surface area contributed by atoms with Crippen LogP contribution < -0.4 is 0 Å². The molecule has 6 heteroatoms. The van der Waals surface area contributed by atoms with Crippen molar-refractivity contribution in [3.63, 3.8) is 0 Å². The van der Waals surface area contributed by atoms with E-state index >= 15 is 0 Å². The van der Waals surface area contributed by atoms with Crippen LogP contribution in [-0.2, 0) is 4.79 Å². The Bertz CT molecular complexity index is 614. The number of carbonyl (C=O) groups is 1. The predicted molar refractivity (Wildman–Crippen MR) is 81.9 cm³/mol. The first kappa shape index (κ1) is 14.7. The first-order chi connectivity index (χ1) is 10.7. The molecule has 2 N–H and O–H groups in total. The van der Waals surface area contributed by atoms with E-state index in [-0.39, 0.29) is 11.9 Å². The van der Waals surface area contributed by atoms with Crippen molar-refractivity contribution in [3.05, 3.63) is 54.1 Å². The van der Waals surface area contributed by atoms with Gasteiger partial charge in [-0.05, 0) is 12.6 Å². The molecule has 1 aromatic carbocycles. The summed E-state index contributed by atoms with van der Waals surface area (Å²) in [5.41, 5.74) is 0.626. The van der Waals surface area contributed by atoms with Crippen LogP contribution in [0, 0.1) is 0 Å². The minimum absolute atomic E-state index is 0.0238. The third kappa shape index (κ3) is 2.88. The van der Waals surface area contributed by atoms with Gasteiger partial charge >= 0.3 is 0 Å². The molecule has 22 heavy (non-hydrogen) atoms. The fourth-order valence-corrected chi connectivity index (χ4v) is 2.78. The molecule has 2 atom stereocenters. The van der Waals surface area contributed by atoms with Crippen molar-refractivity contribution in [2.75, 3.05) is 26.7 Å². The van der Waals surface area contributed by atoms with Crippen molar-refractivity contribution in [1.29, 1.82) is 0 Å². The second-order valence-electron chi connectivity index (χ2n) is 5.57. The zero-order valence-electron chi connectivity index (χ0n) is 12.5. The number of hydrogen-bond acceptors (Lipinski definition) is 4. The zero-order chi connectivity index (χ0) is 15.5. The molecule has 2 heterocycles. The van der Waals surface area contributed by atoms with Crippen LogP contribution in [0.5, 0.6) is 0 Å². The number of aromatic amines is 1. The molecule has 1 amide bonds.